The number of nitrogens with one attached hydrogen (secondary N) is 1. The molecule has 1 heterocycles. The molecule has 1 aromatic heterocycles. The molecule has 5 heteroatoms. The fourth-order valence-corrected chi connectivity index (χ4v) is 4.33. The molecule has 0 saturated heterocycles. The Morgan fingerprint density at radius 1 is 1.23 bits per heavy atom. The molecule has 0 aliphatic heterocycles. The van der Waals surface area contributed by atoms with E-state index in [1.54, 1.807) is 24.4 Å². The lowest BCUT2D eigenvalue weighted by atomic mass is 9.72. The summed E-state index contributed by atoms with van der Waals surface area (Å²) in [5.41, 5.74) is 0.827. The van der Waals surface area contributed by atoms with Crippen LogP contribution >= 0.6 is 0 Å². The first kappa shape index (κ1) is 18.6. The van der Waals surface area contributed by atoms with E-state index in [4.69, 9.17) is 4.74 Å². The second kappa shape index (κ2) is 8.47. The van der Waals surface area contributed by atoms with Crippen molar-refractivity contribution in [1.29, 1.82) is 0 Å². The smallest absolute Gasteiger partial charge is 0.331 e. The summed E-state index contributed by atoms with van der Waals surface area (Å²) in [6.07, 6.45) is 13.1. The monoisotopic (exact) mass is 356 g/mol. The Morgan fingerprint density at radius 2 is 2.12 bits per heavy atom. The summed E-state index contributed by atoms with van der Waals surface area (Å²) in [6, 6.07) is 5.20. The number of hydrogen-bond donors (Lipinski definition) is 1. The first-order chi connectivity index (χ1) is 12.6. The molecule has 5 nitrogen and oxygen atoms in total. The molecule has 0 radical (unpaired) electrons. The van der Waals surface area contributed by atoms with Crippen LogP contribution in [0.2, 0.25) is 0 Å². The third-order valence-corrected chi connectivity index (χ3v) is 5.68. The first-order valence-electron chi connectivity index (χ1n) is 9.65. The maximum Gasteiger partial charge on any atom is 0.331 e. The van der Waals surface area contributed by atoms with Crippen molar-refractivity contribution in [3.05, 3.63) is 41.7 Å². The van der Waals surface area contributed by atoms with Crippen LogP contribution in [0.4, 0.5) is 0 Å². The molecular formula is C21H28N2O3. The molecule has 1 aromatic rings. The van der Waals surface area contributed by atoms with E-state index in [0.29, 0.717) is 24.5 Å². The van der Waals surface area contributed by atoms with E-state index in [-0.39, 0.29) is 11.9 Å². The maximum absolute atomic E-state index is 12.7. The van der Waals surface area contributed by atoms with E-state index in [0.717, 1.165) is 25.7 Å². The molecular weight excluding hydrogens is 328 g/mol. The molecule has 0 aromatic carbocycles. The van der Waals surface area contributed by atoms with Crippen LogP contribution in [0, 0.1) is 5.92 Å². The summed E-state index contributed by atoms with van der Waals surface area (Å²) in [5.74, 6) is -0.322. The normalized spacial score (nSPS) is 26.3. The highest BCUT2D eigenvalue weighted by molar-refractivity contribution is 5.96. The number of nitrogens with zero attached hydrogens (tertiary/aromatic N) is 1. The van der Waals surface area contributed by atoms with Crippen LogP contribution < -0.4 is 5.32 Å². The van der Waals surface area contributed by atoms with Crippen molar-refractivity contribution in [3.8, 4) is 0 Å². The molecule has 2 atom stereocenters. The predicted octanol–water partition coefficient (Wildman–Crippen LogP) is 3.80. The van der Waals surface area contributed by atoms with Crippen molar-refractivity contribution in [1.82, 2.24) is 10.3 Å². The Morgan fingerprint density at radius 3 is 2.88 bits per heavy atom. The minimum atomic E-state index is -0.959. The second-order valence-electron chi connectivity index (χ2n) is 7.41. The van der Waals surface area contributed by atoms with Gasteiger partial charge in [0, 0.05) is 6.20 Å². The molecule has 0 unspecified atom stereocenters. The molecule has 1 N–H and O–H groups in total. The number of allylic oxidation sites excluding steroid dienone is 2. The van der Waals surface area contributed by atoms with Crippen molar-refractivity contribution < 1.29 is 14.3 Å². The Labute approximate surface area is 155 Å². The van der Waals surface area contributed by atoms with Crippen molar-refractivity contribution in [3.63, 3.8) is 0 Å². The number of esters is 1. The van der Waals surface area contributed by atoms with Gasteiger partial charge in [0.25, 0.3) is 5.91 Å². The van der Waals surface area contributed by atoms with Crippen LogP contribution in [-0.4, -0.2) is 29.5 Å². The van der Waals surface area contributed by atoms with E-state index < -0.39 is 5.54 Å². The average Bonchev–Trinajstić information content (AvgIpc) is 2.97. The molecule has 3 rings (SSSR count). The summed E-state index contributed by atoms with van der Waals surface area (Å²) >= 11 is 0. The van der Waals surface area contributed by atoms with Crippen LogP contribution in [-0.2, 0) is 9.53 Å². The van der Waals surface area contributed by atoms with Gasteiger partial charge in [-0.15, -0.1) is 0 Å². The van der Waals surface area contributed by atoms with Crippen LogP contribution in [0.3, 0.4) is 0 Å². The number of methoxy groups -OCH3 is 1. The van der Waals surface area contributed by atoms with Gasteiger partial charge < -0.3 is 10.1 Å². The largest absolute Gasteiger partial charge is 0.467 e. The Kier molecular flexibility index (Phi) is 6.07. The van der Waals surface area contributed by atoms with Gasteiger partial charge in [0.15, 0.2) is 0 Å². The van der Waals surface area contributed by atoms with Gasteiger partial charge in [0.05, 0.1) is 7.11 Å². The highest BCUT2D eigenvalue weighted by Gasteiger charge is 2.46. The van der Waals surface area contributed by atoms with E-state index in [1.165, 1.54) is 31.9 Å². The minimum absolute atomic E-state index is 0.313. The molecule has 26 heavy (non-hydrogen) atoms. The molecule has 1 saturated carbocycles. The van der Waals surface area contributed by atoms with E-state index in [1.807, 2.05) is 0 Å². The summed E-state index contributed by atoms with van der Waals surface area (Å²) < 4.78 is 5.10. The molecule has 2 aliphatic carbocycles. The molecule has 1 fully saturated rings. The fourth-order valence-electron chi connectivity index (χ4n) is 4.33. The number of carbonyl (C=O) groups excluding carboxylic acids is 2. The summed E-state index contributed by atoms with van der Waals surface area (Å²) in [7, 11) is 1.39. The lowest BCUT2D eigenvalue weighted by molar-refractivity contribution is -0.150. The zero-order valence-electron chi connectivity index (χ0n) is 15.5. The number of carbonyl (C=O) groups is 2. The Hall–Kier alpha value is -2.17. The van der Waals surface area contributed by atoms with Crippen LogP contribution in [0.15, 0.2) is 36.0 Å². The highest BCUT2D eigenvalue weighted by Crippen LogP contribution is 2.40. The van der Waals surface area contributed by atoms with Crippen molar-refractivity contribution in [2.75, 3.05) is 7.11 Å². The van der Waals surface area contributed by atoms with Gasteiger partial charge in [-0.3, -0.25) is 9.78 Å². The van der Waals surface area contributed by atoms with Crippen molar-refractivity contribution in [2.24, 2.45) is 5.92 Å². The lowest BCUT2D eigenvalue weighted by Gasteiger charge is -2.40. The fraction of sp³-hybridized carbons (Fsp3) is 0.571. The van der Waals surface area contributed by atoms with Gasteiger partial charge in [-0.1, -0.05) is 24.1 Å². The topological polar surface area (TPSA) is 68.3 Å². The third-order valence-electron chi connectivity index (χ3n) is 5.68. The number of pyridine rings is 1. The van der Waals surface area contributed by atoms with E-state index in [2.05, 4.69) is 16.4 Å². The van der Waals surface area contributed by atoms with Gasteiger partial charge in [-0.2, -0.15) is 0 Å². The molecule has 0 spiro atoms. The Bertz CT molecular complexity index is 671. The Balaban J connectivity index is 1.81. The van der Waals surface area contributed by atoms with E-state index >= 15 is 0 Å². The number of rotatable bonds is 4. The van der Waals surface area contributed by atoms with Crippen molar-refractivity contribution in [2.45, 2.75) is 63.3 Å². The zero-order chi connectivity index (χ0) is 18.4. The molecule has 140 valence electrons. The van der Waals surface area contributed by atoms with Crippen LogP contribution in [0.25, 0.3) is 0 Å². The number of amides is 1. The molecule has 1 amide bonds. The zero-order valence-corrected chi connectivity index (χ0v) is 15.5. The number of ether oxygens (including phenoxy) is 1. The van der Waals surface area contributed by atoms with E-state index in [9.17, 15) is 9.59 Å². The minimum Gasteiger partial charge on any atom is -0.467 e. The highest BCUT2D eigenvalue weighted by atomic mass is 16.5. The van der Waals surface area contributed by atoms with Gasteiger partial charge >= 0.3 is 5.97 Å². The van der Waals surface area contributed by atoms with Gasteiger partial charge in [-0.05, 0) is 69.4 Å². The number of hydrogen-bond acceptors (Lipinski definition) is 4. The van der Waals surface area contributed by atoms with Gasteiger partial charge in [-0.25, -0.2) is 4.79 Å². The van der Waals surface area contributed by atoms with Crippen molar-refractivity contribution >= 4 is 11.9 Å². The van der Waals surface area contributed by atoms with Crippen LogP contribution in [0.5, 0.6) is 0 Å². The number of aromatic nitrogens is 1. The first-order valence-corrected chi connectivity index (χ1v) is 9.65. The lowest BCUT2D eigenvalue weighted by Crippen LogP contribution is -2.57. The molecule has 0 bridgehead atoms. The van der Waals surface area contributed by atoms with Gasteiger partial charge in [0.1, 0.15) is 11.2 Å². The predicted molar refractivity (Wildman–Crippen MR) is 99.6 cm³/mol. The summed E-state index contributed by atoms with van der Waals surface area (Å²) in [4.78, 5) is 29.5. The SMILES string of the molecule is COC(=O)[C@@]1(NC(=O)c2ccccn2)CCC[C@H](C2=CCCCCC2)C1. The average molecular weight is 356 g/mol. The van der Waals surface area contributed by atoms with Crippen LogP contribution in [0.1, 0.15) is 68.3 Å². The quantitative estimate of drug-likeness (QED) is 0.658. The summed E-state index contributed by atoms with van der Waals surface area (Å²) in [6.45, 7) is 0. The maximum atomic E-state index is 12.7. The molecule has 2 aliphatic rings. The standard InChI is InChI=1S/C21H28N2O3/c1-26-20(25)21(23-19(24)18-12-6-7-14-22-18)13-8-11-17(15-21)16-9-4-2-3-5-10-16/h6-7,9,12,14,17H,2-5,8,10-11,13,15H2,1H3,(H,23,24)/t17-,21+/m0/s1. The summed E-state index contributed by atoms with van der Waals surface area (Å²) in [5, 5.41) is 2.98. The van der Waals surface area contributed by atoms with Gasteiger partial charge in [0.2, 0.25) is 0 Å². The third kappa shape index (κ3) is 4.14. The second-order valence-corrected chi connectivity index (χ2v) is 7.41.